The van der Waals surface area contributed by atoms with E-state index in [1.807, 2.05) is 27.7 Å². The SMILES string of the molecule is CCCCC(CNC(=O)OC(C)(C)C)NC(=NCC1(O)CCSC1)NCC.I. The van der Waals surface area contributed by atoms with Crippen LogP contribution in [0.3, 0.4) is 0 Å². The van der Waals surface area contributed by atoms with Crippen LogP contribution in [0.5, 0.6) is 0 Å². The zero-order valence-electron chi connectivity index (χ0n) is 18.0. The summed E-state index contributed by atoms with van der Waals surface area (Å²) in [6.07, 6.45) is 3.41. The van der Waals surface area contributed by atoms with Gasteiger partial charge in [-0.15, -0.1) is 24.0 Å². The van der Waals surface area contributed by atoms with E-state index < -0.39 is 17.3 Å². The minimum atomic E-state index is -0.708. The summed E-state index contributed by atoms with van der Waals surface area (Å²) < 4.78 is 5.31. The predicted octanol–water partition coefficient (Wildman–Crippen LogP) is 3.11. The summed E-state index contributed by atoms with van der Waals surface area (Å²) in [5.74, 6) is 2.39. The van der Waals surface area contributed by atoms with Gasteiger partial charge in [0.1, 0.15) is 5.60 Å². The Morgan fingerprint density at radius 2 is 2.04 bits per heavy atom. The largest absolute Gasteiger partial charge is 0.444 e. The third-order valence-electron chi connectivity index (χ3n) is 4.10. The molecule has 0 spiro atoms. The Labute approximate surface area is 191 Å². The van der Waals surface area contributed by atoms with Crippen LogP contribution >= 0.6 is 35.7 Å². The van der Waals surface area contributed by atoms with Crippen LogP contribution in [0.1, 0.15) is 60.3 Å². The van der Waals surface area contributed by atoms with Crippen molar-refractivity contribution in [3.63, 3.8) is 0 Å². The standard InChI is InChI=1S/C19H38N4O3S.HI/c1-6-8-9-15(12-21-17(24)26-18(3,4)5)23-16(20-7-2)22-13-19(25)10-11-27-14-19;/h15,25H,6-14H2,1-5H3,(H,21,24)(H2,20,22,23);1H. The number of unbranched alkanes of at least 4 members (excludes halogenated alkanes) is 1. The number of amides is 1. The van der Waals surface area contributed by atoms with Gasteiger partial charge < -0.3 is 25.8 Å². The summed E-state index contributed by atoms with van der Waals surface area (Å²) in [6, 6.07) is 0.0443. The topological polar surface area (TPSA) is 95.0 Å². The Balaban J connectivity index is 0.00000729. The summed E-state index contributed by atoms with van der Waals surface area (Å²) in [5.41, 5.74) is -1.22. The summed E-state index contributed by atoms with van der Waals surface area (Å²) in [5, 5.41) is 20.0. The molecule has 2 unspecified atom stereocenters. The van der Waals surface area contributed by atoms with Crippen LogP contribution in [0.15, 0.2) is 4.99 Å². The molecule has 166 valence electrons. The van der Waals surface area contributed by atoms with Gasteiger partial charge in [0.25, 0.3) is 0 Å². The van der Waals surface area contributed by atoms with Gasteiger partial charge in [0.05, 0.1) is 12.1 Å². The van der Waals surface area contributed by atoms with E-state index in [9.17, 15) is 9.90 Å². The molecule has 0 aromatic carbocycles. The number of halogens is 1. The van der Waals surface area contributed by atoms with Crippen molar-refractivity contribution < 1.29 is 14.6 Å². The van der Waals surface area contributed by atoms with Gasteiger partial charge >= 0.3 is 6.09 Å². The molecule has 1 aliphatic heterocycles. The lowest BCUT2D eigenvalue weighted by Crippen LogP contribution is -2.49. The highest BCUT2D eigenvalue weighted by Crippen LogP contribution is 2.27. The molecule has 1 heterocycles. The number of carbonyl (C=O) groups excluding carboxylic acids is 1. The maximum atomic E-state index is 11.9. The summed E-state index contributed by atoms with van der Waals surface area (Å²) in [7, 11) is 0. The van der Waals surface area contributed by atoms with Crippen molar-refractivity contribution >= 4 is 47.8 Å². The zero-order valence-corrected chi connectivity index (χ0v) is 21.1. The highest BCUT2D eigenvalue weighted by molar-refractivity contribution is 14.0. The van der Waals surface area contributed by atoms with Crippen LogP contribution in [0.25, 0.3) is 0 Å². The van der Waals surface area contributed by atoms with Crippen molar-refractivity contribution in [2.45, 2.75) is 77.5 Å². The molecule has 0 radical (unpaired) electrons. The number of hydrogen-bond acceptors (Lipinski definition) is 5. The summed E-state index contributed by atoms with van der Waals surface area (Å²) >= 11 is 1.77. The number of aliphatic hydroxyl groups is 1. The quantitative estimate of drug-likeness (QED) is 0.208. The Morgan fingerprint density at radius 3 is 2.57 bits per heavy atom. The third kappa shape index (κ3) is 12.2. The van der Waals surface area contributed by atoms with E-state index in [1.165, 1.54) is 0 Å². The van der Waals surface area contributed by atoms with Gasteiger partial charge in [-0.2, -0.15) is 11.8 Å². The fourth-order valence-electron chi connectivity index (χ4n) is 2.66. The van der Waals surface area contributed by atoms with Crippen LogP contribution < -0.4 is 16.0 Å². The van der Waals surface area contributed by atoms with E-state index in [1.54, 1.807) is 11.8 Å². The lowest BCUT2D eigenvalue weighted by molar-refractivity contribution is 0.0522. The smallest absolute Gasteiger partial charge is 0.407 e. The van der Waals surface area contributed by atoms with Crippen LogP contribution in [0, 0.1) is 0 Å². The van der Waals surface area contributed by atoms with Gasteiger partial charge in [-0.1, -0.05) is 19.8 Å². The minimum Gasteiger partial charge on any atom is -0.444 e. The zero-order chi connectivity index (χ0) is 20.3. The number of ether oxygens (including phenoxy) is 1. The lowest BCUT2D eigenvalue weighted by Gasteiger charge is -2.25. The molecule has 28 heavy (non-hydrogen) atoms. The number of hydrogen-bond donors (Lipinski definition) is 4. The number of guanidine groups is 1. The maximum absolute atomic E-state index is 11.9. The molecule has 0 bridgehead atoms. The van der Waals surface area contributed by atoms with Crippen molar-refractivity contribution in [3.05, 3.63) is 0 Å². The van der Waals surface area contributed by atoms with Crippen molar-refractivity contribution in [1.82, 2.24) is 16.0 Å². The highest BCUT2D eigenvalue weighted by atomic mass is 127. The van der Waals surface area contributed by atoms with E-state index in [0.29, 0.717) is 19.0 Å². The molecule has 1 aliphatic rings. The van der Waals surface area contributed by atoms with Crippen LogP contribution in [0.4, 0.5) is 4.79 Å². The van der Waals surface area contributed by atoms with Crippen molar-refractivity contribution in [3.8, 4) is 0 Å². The first-order chi connectivity index (χ1) is 12.7. The number of rotatable bonds is 9. The average molecular weight is 531 g/mol. The molecule has 9 heteroatoms. The minimum absolute atomic E-state index is 0. The van der Waals surface area contributed by atoms with Gasteiger partial charge in [-0.05, 0) is 46.3 Å². The average Bonchev–Trinajstić information content (AvgIpc) is 3.00. The van der Waals surface area contributed by atoms with Gasteiger partial charge in [-0.3, -0.25) is 4.99 Å². The van der Waals surface area contributed by atoms with Crippen molar-refractivity contribution in [1.29, 1.82) is 0 Å². The monoisotopic (exact) mass is 530 g/mol. The number of nitrogens with one attached hydrogen (secondary N) is 3. The second-order valence-corrected chi connectivity index (χ2v) is 9.19. The van der Waals surface area contributed by atoms with Gasteiger partial charge in [0, 0.05) is 24.9 Å². The van der Waals surface area contributed by atoms with Gasteiger partial charge in [-0.25, -0.2) is 4.79 Å². The molecule has 4 N–H and O–H groups in total. The first kappa shape index (κ1) is 27.6. The summed E-state index contributed by atoms with van der Waals surface area (Å²) in [4.78, 5) is 16.5. The number of thioether (sulfide) groups is 1. The first-order valence-corrected chi connectivity index (χ1v) is 11.1. The second-order valence-electron chi connectivity index (χ2n) is 8.09. The molecule has 1 amide bonds. The number of alkyl carbamates (subject to hydrolysis) is 1. The third-order valence-corrected chi connectivity index (χ3v) is 5.33. The highest BCUT2D eigenvalue weighted by Gasteiger charge is 2.31. The Bertz CT molecular complexity index is 480. The molecule has 1 fully saturated rings. The van der Waals surface area contributed by atoms with Gasteiger partial charge in [0.2, 0.25) is 0 Å². The molecule has 2 atom stereocenters. The Hall–Kier alpha value is -0.420. The molecule has 0 aromatic rings. The number of nitrogens with zero attached hydrogens (tertiary/aromatic N) is 1. The predicted molar refractivity (Wildman–Crippen MR) is 129 cm³/mol. The van der Waals surface area contributed by atoms with E-state index in [-0.39, 0.29) is 30.0 Å². The molecule has 7 nitrogen and oxygen atoms in total. The fourth-order valence-corrected chi connectivity index (χ4v) is 3.94. The van der Waals surface area contributed by atoms with E-state index in [2.05, 4.69) is 27.9 Å². The fraction of sp³-hybridized carbons (Fsp3) is 0.895. The number of aliphatic imine (C=N–C) groups is 1. The molecular formula is C19H39IN4O3S. The Morgan fingerprint density at radius 1 is 1.32 bits per heavy atom. The van der Waals surface area contributed by atoms with E-state index >= 15 is 0 Å². The lowest BCUT2D eigenvalue weighted by atomic mass is 10.0. The maximum Gasteiger partial charge on any atom is 0.407 e. The molecule has 0 saturated carbocycles. The first-order valence-electron chi connectivity index (χ1n) is 9.99. The molecule has 0 aliphatic carbocycles. The van der Waals surface area contributed by atoms with E-state index in [0.717, 1.165) is 43.7 Å². The number of carbonyl (C=O) groups is 1. The normalized spacial score (nSPS) is 20.9. The van der Waals surface area contributed by atoms with Crippen molar-refractivity contribution in [2.75, 3.05) is 31.1 Å². The second kappa shape index (κ2) is 13.7. The van der Waals surface area contributed by atoms with Crippen LogP contribution in [0.2, 0.25) is 0 Å². The molecule has 0 aromatic heterocycles. The van der Waals surface area contributed by atoms with E-state index in [4.69, 9.17) is 4.74 Å². The van der Waals surface area contributed by atoms with Crippen LogP contribution in [-0.2, 0) is 4.74 Å². The van der Waals surface area contributed by atoms with Crippen LogP contribution in [-0.4, -0.2) is 65.5 Å². The Kier molecular flexibility index (Phi) is 13.5. The molecule has 1 saturated heterocycles. The van der Waals surface area contributed by atoms with Crippen molar-refractivity contribution in [2.24, 2.45) is 4.99 Å². The van der Waals surface area contributed by atoms with Gasteiger partial charge in [0.15, 0.2) is 5.96 Å². The molecule has 1 rings (SSSR count). The summed E-state index contributed by atoms with van der Waals surface area (Å²) in [6.45, 7) is 11.3. The molecular weight excluding hydrogens is 491 g/mol.